The third kappa shape index (κ3) is 5.23. The van der Waals surface area contributed by atoms with Gasteiger partial charge in [0.1, 0.15) is 10.8 Å². The van der Waals surface area contributed by atoms with Crippen molar-refractivity contribution in [2.45, 2.75) is 20.3 Å². The summed E-state index contributed by atoms with van der Waals surface area (Å²) in [6.07, 6.45) is 0.481. The van der Waals surface area contributed by atoms with E-state index in [0.717, 1.165) is 16.8 Å². The lowest BCUT2D eigenvalue weighted by Crippen LogP contribution is -2.36. The summed E-state index contributed by atoms with van der Waals surface area (Å²) in [4.78, 5) is 28.5. The number of aryl methyl sites for hydroxylation is 2. The van der Waals surface area contributed by atoms with Gasteiger partial charge in [0.05, 0.1) is 5.69 Å². The number of hydrogen-bond acceptors (Lipinski definition) is 4. The number of nitrogens with one attached hydrogen (secondary N) is 2. The number of halogens is 1. The zero-order valence-electron chi connectivity index (χ0n) is 15.6. The third-order valence-electron chi connectivity index (χ3n) is 3.98. The number of hydrogen-bond donors (Lipinski definition) is 2. The predicted octanol–water partition coefficient (Wildman–Crippen LogP) is 3.86. The highest BCUT2D eigenvalue weighted by molar-refractivity contribution is 7.13. The molecule has 28 heavy (non-hydrogen) atoms. The lowest BCUT2D eigenvalue weighted by atomic mass is 10.1. The number of anilines is 1. The fourth-order valence-corrected chi connectivity index (χ4v) is 3.65. The number of benzene rings is 2. The van der Waals surface area contributed by atoms with Gasteiger partial charge in [0.15, 0.2) is 0 Å². The Kier molecular flexibility index (Phi) is 6.16. The summed E-state index contributed by atoms with van der Waals surface area (Å²) < 4.78 is 13.3. The van der Waals surface area contributed by atoms with Crippen LogP contribution in [0.25, 0.3) is 10.6 Å². The van der Waals surface area contributed by atoms with Crippen molar-refractivity contribution in [1.29, 1.82) is 0 Å². The molecule has 0 atom stereocenters. The summed E-state index contributed by atoms with van der Waals surface area (Å²) in [5.41, 5.74) is 4.10. The molecule has 0 unspecified atom stereocenters. The van der Waals surface area contributed by atoms with Crippen LogP contribution in [0.2, 0.25) is 0 Å². The highest BCUT2D eigenvalue weighted by Gasteiger charge is 2.14. The molecule has 0 saturated heterocycles. The third-order valence-corrected chi connectivity index (χ3v) is 4.92. The first-order valence-corrected chi connectivity index (χ1v) is 9.66. The van der Waals surface area contributed by atoms with Crippen molar-refractivity contribution in [3.63, 3.8) is 0 Å². The van der Waals surface area contributed by atoms with Crippen LogP contribution in [0.3, 0.4) is 0 Å². The van der Waals surface area contributed by atoms with Gasteiger partial charge >= 0.3 is 11.8 Å². The Labute approximate surface area is 166 Å². The van der Waals surface area contributed by atoms with Crippen LogP contribution in [0.4, 0.5) is 10.1 Å². The Hall–Kier alpha value is -3.06. The van der Waals surface area contributed by atoms with E-state index in [1.165, 1.54) is 23.5 Å². The first-order chi connectivity index (χ1) is 13.4. The molecule has 5 nitrogen and oxygen atoms in total. The molecular formula is C21H20FN3O2S. The molecule has 2 amide bonds. The van der Waals surface area contributed by atoms with Crippen molar-refractivity contribution in [3.05, 3.63) is 70.5 Å². The van der Waals surface area contributed by atoms with Crippen molar-refractivity contribution >= 4 is 28.8 Å². The fourth-order valence-electron chi connectivity index (χ4n) is 2.79. The fraction of sp³-hybridized carbons (Fsp3) is 0.190. The molecule has 0 aliphatic rings. The van der Waals surface area contributed by atoms with Crippen LogP contribution < -0.4 is 10.6 Å². The van der Waals surface area contributed by atoms with Crippen LogP contribution in [-0.4, -0.2) is 23.3 Å². The average molecular weight is 397 g/mol. The van der Waals surface area contributed by atoms with Gasteiger partial charge in [-0.05, 0) is 49.2 Å². The first-order valence-electron chi connectivity index (χ1n) is 8.78. The zero-order chi connectivity index (χ0) is 20.1. The first kappa shape index (κ1) is 19.7. The number of carbonyl (C=O) groups excluding carboxylic acids is 2. The topological polar surface area (TPSA) is 71.1 Å². The van der Waals surface area contributed by atoms with E-state index in [9.17, 15) is 14.0 Å². The van der Waals surface area contributed by atoms with E-state index in [1.807, 2.05) is 25.3 Å². The molecule has 7 heteroatoms. The largest absolute Gasteiger partial charge is 0.347 e. The summed E-state index contributed by atoms with van der Waals surface area (Å²) in [5, 5.41) is 7.77. The predicted molar refractivity (Wildman–Crippen MR) is 109 cm³/mol. The van der Waals surface area contributed by atoms with Crippen LogP contribution in [-0.2, 0) is 16.0 Å². The summed E-state index contributed by atoms with van der Waals surface area (Å²) in [5.74, 6) is -1.71. The lowest BCUT2D eigenvalue weighted by molar-refractivity contribution is -0.136. The number of carbonyl (C=O) groups is 2. The minimum absolute atomic E-state index is 0.283. The van der Waals surface area contributed by atoms with E-state index < -0.39 is 11.8 Å². The summed E-state index contributed by atoms with van der Waals surface area (Å²) in [6.45, 7) is 4.13. The van der Waals surface area contributed by atoms with Gasteiger partial charge in [-0.2, -0.15) is 0 Å². The maximum Gasteiger partial charge on any atom is 0.313 e. The Morgan fingerprint density at radius 3 is 2.54 bits per heavy atom. The number of rotatable bonds is 5. The van der Waals surface area contributed by atoms with E-state index >= 15 is 0 Å². The molecule has 1 aromatic heterocycles. The molecule has 0 aliphatic heterocycles. The molecule has 2 N–H and O–H groups in total. The van der Waals surface area contributed by atoms with Crippen LogP contribution >= 0.6 is 11.3 Å². The summed E-state index contributed by atoms with van der Waals surface area (Å²) >= 11 is 1.41. The molecule has 144 valence electrons. The molecule has 3 aromatic rings. The van der Waals surface area contributed by atoms with E-state index in [1.54, 1.807) is 24.3 Å². The van der Waals surface area contributed by atoms with Gasteiger partial charge in [-0.3, -0.25) is 9.59 Å². The van der Waals surface area contributed by atoms with E-state index in [4.69, 9.17) is 0 Å². The smallest absolute Gasteiger partial charge is 0.313 e. The summed E-state index contributed by atoms with van der Waals surface area (Å²) in [7, 11) is 0. The van der Waals surface area contributed by atoms with Gasteiger partial charge < -0.3 is 10.6 Å². The zero-order valence-corrected chi connectivity index (χ0v) is 16.4. The molecule has 3 rings (SSSR count). The molecule has 0 radical (unpaired) electrons. The Bertz CT molecular complexity index is 996. The Morgan fingerprint density at radius 1 is 1.07 bits per heavy atom. The van der Waals surface area contributed by atoms with Gasteiger partial charge in [-0.1, -0.05) is 18.2 Å². The highest BCUT2D eigenvalue weighted by Crippen LogP contribution is 2.24. The van der Waals surface area contributed by atoms with Crippen LogP contribution in [0, 0.1) is 19.7 Å². The molecule has 0 fully saturated rings. The normalized spacial score (nSPS) is 10.5. The SMILES string of the molecule is Cc1cc(C)cc(NC(=O)C(=O)NCCc2csc(-c3cccc(F)c3)n2)c1. The number of nitrogens with zero attached hydrogens (tertiary/aromatic N) is 1. The van der Waals surface area contributed by atoms with Crippen molar-refractivity contribution in [3.8, 4) is 10.6 Å². The second-order valence-electron chi connectivity index (χ2n) is 6.49. The second-order valence-corrected chi connectivity index (χ2v) is 7.35. The van der Waals surface area contributed by atoms with E-state index in [2.05, 4.69) is 15.6 Å². The van der Waals surface area contributed by atoms with Gasteiger partial charge in [0.25, 0.3) is 0 Å². The van der Waals surface area contributed by atoms with Crippen LogP contribution in [0.5, 0.6) is 0 Å². The quantitative estimate of drug-likeness (QED) is 0.642. The lowest BCUT2D eigenvalue weighted by Gasteiger charge is -2.08. The molecule has 0 bridgehead atoms. The standard InChI is InChI=1S/C21H20FN3O2S/c1-13-8-14(2)10-18(9-13)24-20(27)19(26)23-7-6-17-12-28-21(25-17)15-4-3-5-16(22)11-15/h3-5,8-12H,6-7H2,1-2H3,(H,23,26)(H,24,27). The summed E-state index contributed by atoms with van der Waals surface area (Å²) in [6, 6.07) is 11.9. The molecule has 0 aliphatic carbocycles. The number of amides is 2. The van der Waals surface area contributed by atoms with Gasteiger partial charge in [-0.25, -0.2) is 9.37 Å². The van der Waals surface area contributed by atoms with E-state index in [-0.39, 0.29) is 12.4 Å². The number of thiazole rings is 1. The van der Waals surface area contributed by atoms with Crippen molar-refractivity contribution in [1.82, 2.24) is 10.3 Å². The second kappa shape index (κ2) is 8.75. The van der Waals surface area contributed by atoms with Crippen molar-refractivity contribution in [2.75, 3.05) is 11.9 Å². The minimum Gasteiger partial charge on any atom is -0.347 e. The van der Waals surface area contributed by atoms with Gasteiger partial charge in [0.2, 0.25) is 0 Å². The van der Waals surface area contributed by atoms with Crippen molar-refractivity contribution in [2.24, 2.45) is 0 Å². The minimum atomic E-state index is -0.705. The van der Waals surface area contributed by atoms with E-state index in [0.29, 0.717) is 22.7 Å². The Morgan fingerprint density at radius 2 is 1.82 bits per heavy atom. The van der Waals surface area contributed by atoms with Crippen LogP contribution in [0.15, 0.2) is 47.8 Å². The van der Waals surface area contributed by atoms with Gasteiger partial charge in [-0.15, -0.1) is 11.3 Å². The number of aromatic nitrogens is 1. The molecule has 0 saturated carbocycles. The maximum absolute atomic E-state index is 13.3. The maximum atomic E-state index is 13.3. The Balaban J connectivity index is 1.50. The van der Waals surface area contributed by atoms with Gasteiger partial charge in [0, 0.05) is 29.6 Å². The molecule has 2 aromatic carbocycles. The molecule has 1 heterocycles. The van der Waals surface area contributed by atoms with Crippen molar-refractivity contribution < 1.29 is 14.0 Å². The average Bonchev–Trinajstić information content (AvgIpc) is 3.09. The monoisotopic (exact) mass is 397 g/mol. The van der Waals surface area contributed by atoms with Crippen LogP contribution in [0.1, 0.15) is 16.8 Å². The molecular weight excluding hydrogens is 377 g/mol. The molecule has 0 spiro atoms. The highest BCUT2D eigenvalue weighted by atomic mass is 32.1.